The SMILES string of the molecule is CC(CO)NC(=O)/C=C/C(=O)O. The standard InChI is InChI=1S/C7H11NO4/c1-5(4-9)8-6(10)2-3-7(11)12/h2-3,5,9H,4H2,1H3,(H,8,10)(H,11,12)/b3-2+. The van der Waals surface area contributed by atoms with Crippen LogP contribution in [0.3, 0.4) is 0 Å². The highest BCUT2D eigenvalue weighted by Gasteiger charge is 2.01. The van der Waals surface area contributed by atoms with E-state index in [9.17, 15) is 9.59 Å². The lowest BCUT2D eigenvalue weighted by atomic mass is 10.3. The van der Waals surface area contributed by atoms with Gasteiger partial charge >= 0.3 is 5.97 Å². The Morgan fingerprint density at radius 1 is 1.50 bits per heavy atom. The van der Waals surface area contributed by atoms with Crippen LogP contribution in [0.25, 0.3) is 0 Å². The largest absolute Gasteiger partial charge is 0.478 e. The van der Waals surface area contributed by atoms with Crippen molar-refractivity contribution in [2.75, 3.05) is 6.61 Å². The minimum Gasteiger partial charge on any atom is -0.478 e. The minimum atomic E-state index is -1.18. The number of aliphatic hydroxyl groups is 1. The van der Waals surface area contributed by atoms with Gasteiger partial charge in [-0.25, -0.2) is 4.79 Å². The molecule has 1 unspecified atom stereocenters. The molecule has 0 aliphatic heterocycles. The number of hydrogen-bond donors (Lipinski definition) is 3. The Kier molecular flexibility index (Phi) is 4.71. The second-order valence-electron chi connectivity index (χ2n) is 2.26. The van der Waals surface area contributed by atoms with Crippen LogP contribution in [0, 0.1) is 0 Å². The Labute approximate surface area is 69.7 Å². The zero-order chi connectivity index (χ0) is 9.56. The summed E-state index contributed by atoms with van der Waals surface area (Å²) in [6, 6.07) is -0.365. The van der Waals surface area contributed by atoms with Gasteiger partial charge in [0.15, 0.2) is 0 Å². The fraction of sp³-hybridized carbons (Fsp3) is 0.429. The van der Waals surface area contributed by atoms with Crippen LogP contribution < -0.4 is 5.32 Å². The van der Waals surface area contributed by atoms with Crippen molar-refractivity contribution < 1.29 is 19.8 Å². The van der Waals surface area contributed by atoms with Gasteiger partial charge in [-0.15, -0.1) is 0 Å². The summed E-state index contributed by atoms with van der Waals surface area (Å²) in [4.78, 5) is 20.7. The maximum atomic E-state index is 10.7. The Morgan fingerprint density at radius 3 is 2.50 bits per heavy atom. The van der Waals surface area contributed by atoms with Crippen molar-refractivity contribution in [3.63, 3.8) is 0 Å². The van der Waals surface area contributed by atoms with Crippen molar-refractivity contribution in [1.29, 1.82) is 0 Å². The first-order chi connectivity index (χ1) is 5.56. The van der Waals surface area contributed by atoms with Gasteiger partial charge in [-0.1, -0.05) is 0 Å². The molecule has 0 rings (SSSR count). The number of aliphatic hydroxyl groups excluding tert-OH is 1. The second kappa shape index (κ2) is 5.31. The maximum absolute atomic E-state index is 10.7. The van der Waals surface area contributed by atoms with Crippen molar-refractivity contribution in [1.82, 2.24) is 5.32 Å². The number of carbonyl (C=O) groups is 2. The van der Waals surface area contributed by atoms with E-state index in [0.29, 0.717) is 0 Å². The van der Waals surface area contributed by atoms with Gasteiger partial charge in [0, 0.05) is 18.2 Å². The van der Waals surface area contributed by atoms with Crippen LogP contribution in [0.4, 0.5) is 0 Å². The van der Waals surface area contributed by atoms with Crippen LogP contribution in [0.1, 0.15) is 6.92 Å². The smallest absolute Gasteiger partial charge is 0.328 e. The van der Waals surface area contributed by atoms with E-state index in [0.717, 1.165) is 12.2 Å². The number of carboxylic acid groups (broad SMARTS) is 1. The first-order valence-corrected chi connectivity index (χ1v) is 3.38. The third-order valence-electron chi connectivity index (χ3n) is 1.04. The first kappa shape index (κ1) is 10.6. The summed E-state index contributed by atoms with van der Waals surface area (Å²) in [5.74, 6) is -1.71. The molecule has 0 radical (unpaired) electrons. The number of carboxylic acids is 1. The molecule has 0 aromatic carbocycles. The molecule has 5 nitrogen and oxygen atoms in total. The number of rotatable bonds is 4. The van der Waals surface area contributed by atoms with Crippen LogP contribution in [-0.4, -0.2) is 34.7 Å². The summed E-state index contributed by atoms with van der Waals surface area (Å²) >= 11 is 0. The topological polar surface area (TPSA) is 86.6 Å². The van der Waals surface area contributed by atoms with Gasteiger partial charge in [-0.2, -0.15) is 0 Å². The van der Waals surface area contributed by atoms with Crippen molar-refractivity contribution in [2.24, 2.45) is 0 Å². The van der Waals surface area contributed by atoms with E-state index in [-0.39, 0.29) is 12.6 Å². The van der Waals surface area contributed by atoms with Gasteiger partial charge in [0.25, 0.3) is 0 Å². The zero-order valence-electron chi connectivity index (χ0n) is 6.65. The Bertz CT molecular complexity index is 200. The lowest BCUT2D eigenvalue weighted by molar-refractivity contribution is -0.131. The molecule has 0 aromatic rings. The molecule has 0 aromatic heterocycles. The molecule has 1 atom stereocenters. The number of hydrogen-bond acceptors (Lipinski definition) is 3. The monoisotopic (exact) mass is 173 g/mol. The normalized spacial score (nSPS) is 12.8. The molecular weight excluding hydrogens is 162 g/mol. The van der Waals surface area contributed by atoms with E-state index in [1.807, 2.05) is 0 Å². The number of amides is 1. The summed E-state index contributed by atoms with van der Waals surface area (Å²) in [5, 5.41) is 19.0. The van der Waals surface area contributed by atoms with Crippen LogP contribution in [-0.2, 0) is 9.59 Å². The highest BCUT2D eigenvalue weighted by Crippen LogP contribution is 1.80. The molecule has 0 heterocycles. The van der Waals surface area contributed by atoms with E-state index in [4.69, 9.17) is 10.2 Å². The highest BCUT2D eigenvalue weighted by molar-refractivity contribution is 5.93. The zero-order valence-corrected chi connectivity index (χ0v) is 6.65. The Hall–Kier alpha value is -1.36. The molecule has 3 N–H and O–H groups in total. The van der Waals surface area contributed by atoms with Gasteiger partial charge in [0.05, 0.1) is 6.61 Å². The fourth-order valence-corrected chi connectivity index (χ4v) is 0.484. The van der Waals surface area contributed by atoms with Crippen LogP contribution in [0.2, 0.25) is 0 Å². The molecule has 0 bridgehead atoms. The molecule has 0 aliphatic rings. The van der Waals surface area contributed by atoms with Gasteiger partial charge in [0.2, 0.25) is 5.91 Å². The van der Waals surface area contributed by atoms with E-state index in [2.05, 4.69) is 5.32 Å². The summed E-state index contributed by atoms with van der Waals surface area (Å²) in [7, 11) is 0. The molecule has 0 saturated heterocycles. The molecule has 1 amide bonds. The van der Waals surface area contributed by atoms with Crippen molar-refractivity contribution in [3.8, 4) is 0 Å². The average molecular weight is 173 g/mol. The van der Waals surface area contributed by atoms with Gasteiger partial charge in [0.1, 0.15) is 0 Å². The van der Waals surface area contributed by atoms with E-state index in [1.54, 1.807) is 6.92 Å². The number of carbonyl (C=O) groups excluding carboxylic acids is 1. The summed E-state index contributed by atoms with van der Waals surface area (Å²) in [5.41, 5.74) is 0. The van der Waals surface area contributed by atoms with Gasteiger partial charge in [-0.05, 0) is 6.92 Å². The van der Waals surface area contributed by atoms with E-state index >= 15 is 0 Å². The molecule has 68 valence electrons. The van der Waals surface area contributed by atoms with Crippen LogP contribution in [0.5, 0.6) is 0 Å². The molecule has 12 heavy (non-hydrogen) atoms. The van der Waals surface area contributed by atoms with Crippen molar-refractivity contribution in [2.45, 2.75) is 13.0 Å². The maximum Gasteiger partial charge on any atom is 0.328 e. The predicted molar refractivity (Wildman–Crippen MR) is 41.5 cm³/mol. The number of aliphatic carboxylic acids is 1. The Balaban J connectivity index is 3.81. The first-order valence-electron chi connectivity index (χ1n) is 3.38. The van der Waals surface area contributed by atoms with Crippen molar-refractivity contribution in [3.05, 3.63) is 12.2 Å². The Morgan fingerprint density at radius 2 is 2.08 bits per heavy atom. The fourth-order valence-electron chi connectivity index (χ4n) is 0.484. The van der Waals surface area contributed by atoms with Crippen molar-refractivity contribution >= 4 is 11.9 Å². The molecule has 0 aliphatic carbocycles. The molecule has 0 spiro atoms. The van der Waals surface area contributed by atoms with Crippen LogP contribution >= 0.6 is 0 Å². The molecular formula is C7H11NO4. The third kappa shape index (κ3) is 5.43. The quantitative estimate of drug-likeness (QED) is 0.482. The summed E-state index contributed by atoms with van der Waals surface area (Å²) < 4.78 is 0. The molecule has 0 fully saturated rings. The third-order valence-corrected chi connectivity index (χ3v) is 1.04. The summed E-state index contributed by atoms with van der Waals surface area (Å²) in [6.07, 6.45) is 1.63. The van der Waals surface area contributed by atoms with Crippen LogP contribution in [0.15, 0.2) is 12.2 Å². The average Bonchev–Trinajstić information content (AvgIpc) is 2.00. The predicted octanol–water partition coefficient (Wildman–Crippen LogP) is -0.876. The van der Waals surface area contributed by atoms with E-state index in [1.165, 1.54) is 0 Å². The van der Waals surface area contributed by atoms with E-state index < -0.39 is 11.9 Å². The van der Waals surface area contributed by atoms with Gasteiger partial charge < -0.3 is 15.5 Å². The molecule has 0 saturated carbocycles. The minimum absolute atomic E-state index is 0.174. The number of nitrogens with one attached hydrogen (secondary N) is 1. The van der Waals surface area contributed by atoms with Gasteiger partial charge in [-0.3, -0.25) is 4.79 Å². The summed E-state index contributed by atoms with van der Waals surface area (Å²) in [6.45, 7) is 1.43. The second-order valence-corrected chi connectivity index (χ2v) is 2.26. The molecule has 5 heteroatoms. The lowest BCUT2D eigenvalue weighted by Gasteiger charge is -2.07. The highest BCUT2D eigenvalue weighted by atomic mass is 16.4. The lowest BCUT2D eigenvalue weighted by Crippen LogP contribution is -2.33.